The molecule has 168 valence electrons. The quantitative estimate of drug-likeness (QED) is 0.428. The number of anilines is 1. The van der Waals surface area contributed by atoms with E-state index < -0.39 is 0 Å². The van der Waals surface area contributed by atoms with E-state index >= 15 is 0 Å². The van der Waals surface area contributed by atoms with E-state index in [1.165, 1.54) is 5.56 Å². The van der Waals surface area contributed by atoms with E-state index in [1.807, 2.05) is 82.3 Å². The van der Waals surface area contributed by atoms with Crippen molar-refractivity contribution in [2.75, 3.05) is 5.32 Å². The first kappa shape index (κ1) is 23.5. The third-order valence-electron chi connectivity index (χ3n) is 5.04. The minimum absolute atomic E-state index is 0.0757. The molecule has 1 N–H and O–H groups in total. The average molecular weight is 433 g/mol. The van der Waals surface area contributed by atoms with Crippen LogP contribution in [0.15, 0.2) is 60.7 Å². The van der Waals surface area contributed by atoms with Crippen LogP contribution in [-0.2, 0) is 17.6 Å². The molecule has 1 aromatic heterocycles. The van der Waals surface area contributed by atoms with Gasteiger partial charge in [0.1, 0.15) is 11.5 Å². The summed E-state index contributed by atoms with van der Waals surface area (Å²) in [5, 5.41) is 2.94. The van der Waals surface area contributed by atoms with Crippen molar-refractivity contribution < 1.29 is 14.3 Å². The van der Waals surface area contributed by atoms with Gasteiger partial charge in [-0.15, -0.1) is 0 Å². The highest BCUT2D eigenvalue weighted by Gasteiger charge is 2.13. The highest BCUT2D eigenvalue weighted by atomic mass is 16.5. The van der Waals surface area contributed by atoms with Crippen LogP contribution in [0, 0.1) is 6.92 Å². The molecule has 0 radical (unpaired) electrons. The summed E-state index contributed by atoms with van der Waals surface area (Å²) in [5.74, 6) is 1.34. The summed E-state index contributed by atoms with van der Waals surface area (Å²) in [5.41, 5.74) is 4.10. The molecule has 5 nitrogen and oxygen atoms in total. The molecule has 0 spiro atoms. The standard InChI is InChI=1S/C27H32N2O3/c1-6-21-8-7-9-25(17-21)32-24-13-10-22(11-14-24)29-27(30)26-15-12-23(28-20(26)5)16-19(4)31-18(2)3/h7-15,17-19H,6,16H2,1-5H3,(H,29,30). The average Bonchev–Trinajstić information content (AvgIpc) is 2.74. The highest BCUT2D eigenvalue weighted by molar-refractivity contribution is 6.05. The number of benzene rings is 2. The van der Waals surface area contributed by atoms with Gasteiger partial charge in [-0.05, 0) is 88.2 Å². The molecule has 32 heavy (non-hydrogen) atoms. The Bertz CT molecular complexity index is 1050. The highest BCUT2D eigenvalue weighted by Crippen LogP contribution is 2.24. The minimum atomic E-state index is -0.183. The van der Waals surface area contributed by atoms with E-state index in [0.717, 1.165) is 23.6 Å². The first-order chi connectivity index (χ1) is 15.3. The molecule has 3 rings (SSSR count). The van der Waals surface area contributed by atoms with Crippen molar-refractivity contribution in [2.24, 2.45) is 0 Å². The number of aryl methyl sites for hydroxylation is 2. The lowest BCUT2D eigenvalue weighted by molar-refractivity contribution is 0.0190. The van der Waals surface area contributed by atoms with Gasteiger partial charge in [-0.25, -0.2) is 0 Å². The van der Waals surface area contributed by atoms with Gasteiger partial charge in [0.15, 0.2) is 0 Å². The van der Waals surface area contributed by atoms with E-state index in [-0.39, 0.29) is 18.1 Å². The van der Waals surface area contributed by atoms with E-state index in [4.69, 9.17) is 9.47 Å². The number of nitrogens with zero attached hydrogens (tertiary/aromatic N) is 1. The van der Waals surface area contributed by atoms with E-state index in [1.54, 1.807) is 0 Å². The first-order valence-electron chi connectivity index (χ1n) is 11.1. The van der Waals surface area contributed by atoms with Gasteiger partial charge in [0, 0.05) is 17.8 Å². The molecule has 1 atom stereocenters. The normalized spacial score (nSPS) is 11.9. The summed E-state index contributed by atoms with van der Waals surface area (Å²) in [4.78, 5) is 17.4. The zero-order chi connectivity index (χ0) is 23.1. The second-order valence-corrected chi connectivity index (χ2v) is 8.22. The molecule has 0 aliphatic rings. The van der Waals surface area contributed by atoms with Gasteiger partial charge in [0.2, 0.25) is 0 Å². The maximum Gasteiger partial charge on any atom is 0.257 e. The number of hydrogen-bond acceptors (Lipinski definition) is 4. The molecular weight excluding hydrogens is 400 g/mol. The maximum absolute atomic E-state index is 12.8. The van der Waals surface area contributed by atoms with Crippen LogP contribution in [0.2, 0.25) is 0 Å². The molecule has 0 fully saturated rings. The van der Waals surface area contributed by atoms with Crippen LogP contribution in [0.4, 0.5) is 5.69 Å². The molecule has 0 saturated carbocycles. The van der Waals surface area contributed by atoms with Crippen LogP contribution < -0.4 is 10.1 Å². The Morgan fingerprint density at radius 1 is 1.00 bits per heavy atom. The molecule has 0 aliphatic heterocycles. The van der Waals surface area contributed by atoms with Crippen molar-refractivity contribution in [3.63, 3.8) is 0 Å². The Balaban J connectivity index is 1.61. The Morgan fingerprint density at radius 3 is 2.41 bits per heavy atom. The second-order valence-electron chi connectivity index (χ2n) is 8.22. The molecule has 1 amide bonds. The number of amides is 1. The summed E-state index contributed by atoms with van der Waals surface area (Å²) >= 11 is 0. The Kier molecular flexibility index (Phi) is 8.01. The molecular formula is C27H32N2O3. The fraction of sp³-hybridized carbons (Fsp3) is 0.333. The summed E-state index contributed by atoms with van der Waals surface area (Å²) in [6.45, 7) is 10.0. The van der Waals surface area contributed by atoms with Crippen molar-refractivity contribution in [1.82, 2.24) is 4.98 Å². The van der Waals surface area contributed by atoms with Crippen molar-refractivity contribution in [3.05, 3.63) is 83.2 Å². The van der Waals surface area contributed by atoms with Crippen molar-refractivity contribution in [1.29, 1.82) is 0 Å². The summed E-state index contributed by atoms with van der Waals surface area (Å²) in [6.07, 6.45) is 1.92. The first-order valence-corrected chi connectivity index (χ1v) is 11.1. The number of ether oxygens (including phenoxy) is 2. The van der Waals surface area contributed by atoms with Gasteiger partial charge >= 0.3 is 0 Å². The number of carbonyl (C=O) groups excluding carboxylic acids is 1. The fourth-order valence-corrected chi connectivity index (χ4v) is 3.54. The molecule has 0 bridgehead atoms. The van der Waals surface area contributed by atoms with Gasteiger partial charge in [0.25, 0.3) is 5.91 Å². The minimum Gasteiger partial charge on any atom is -0.457 e. The molecule has 0 aliphatic carbocycles. The van der Waals surface area contributed by atoms with Gasteiger partial charge in [-0.3, -0.25) is 9.78 Å². The van der Waals surface area contributed by atoms with Crippen LogP contribution >= 0.6 is 0 Å². The predicted octanol–water partition coefficient (Wildman–Crippen LogP) is 6.35. The third-order valence-corrected chi connectivity index (χ3v) is 5.04. The monoisotopic (exact) mass is 432 g/mol. The molecule has 3 aromatic rings. The summed E-state index contributed by atoms with van der Waals surface area (Å²) < 4.78 is 11.7. The second kappa shape index (κ2) is 10.9. The molecule has 5 heteroatoms. The number of hydrogen-bond donors (Lipinski definition) is 1. The van der Waals surface area contributed by atoms with Gasteiger partial charge in [0.05, 0.1) is 23.5 Å². The molecule has 1 unspecified atom stereocenters. The Labute approximate surface area is 190 Å². The summed E-state index contributed by atoms with van der Waals surface area (Å²) in [7, 11) is 0. The van der Waals surface area contributed by atoms with Crippen molar-refractivity contribution in [3.8, 4) is 11.5 Å². The lowest BCUT2D eigenvalue weighted by Gasteiger charge is -2.16. The number of carbonyl (C=O) groups is 1. The van der Waals surface area contributed by atoms with Crippen LogP contribution in [-0.4, -0.2) is 23.1 Å². The summed E-state index contributed by atoms with van der Waals surface area (Å²) in [6, 6.07) is 19.1. The van der Waals surface area contributed by atoms with Gasteiger partial charge in [-0.2, -0.15) is 0 Å². The SMILES string of the molecule is CCc1cccc(Oc2ccc(NC(=O)c3ccc(CC(C)OC(C)C)nc3C)cc2)c1. The number of rotatable bonds is 9. The van der Waals surface area contributed by atoms with Crippen LogP contribution in [0.1, 0.15) is 55.0 Å². The van der Waals surface area contributed by atoms with Crippen LogP contribution in [0.3, 0.4) is 0 Å². The van der Waals surface area contributed by atoms with Crippen molar-refractivity contribution >= 4 is 11.6 Å². The Hall–Kier alpha value is -3.18. The van der Waals surface area contributed by atoms with Crippen LogP contribution in [0.5, 0.6) is 11.5 Å². The zero-order valence-corrected chi connectivity index (χ0v) is 19.5. The lowest BCUT2D eigenvalue weighted by atomic mass is 10.1. The van der Waals surface area contributed by atoms with Gasteiger partial charge in [-0.1, -0.05) is 19.1 Å². The van der Waals surface area contributed by atoms with E-state index in [0.29, 0.717) is 23.4 Å². The number of nitrogens with one attached hydrogen (secondary N) is 1. The largest absolute Gasteiger partial charge is 0.457 e. The lowest BCUT2D eigenvalue weighted by Crippen LogP contribution is -2.18. The number of aromatic nitrogens is 1. The molecule has 2 aromatic carbocycles. The third kappa shape index (κ3) is 6.66. The smallest absolute Gasteiger partial charge is 0.257 e. The van der Waals surface area contributed by atoms with Crippen LogP contribution in [0.25, 0.3) is 0 Å². The van der Waals surface area contributed by atoms with E-state index in [9.17, 15) is 4.79 Å². The fourth-order valence-electron chi connectivity index (χ4n) is 3.54. The predicted molar refractivity (Wildman–Crippen MR) is 129 cm³/mol. The molecule has 0 saturated heterocycles. The number of pyridine rings is 1. The maximum atomic E-state index is 12.8. The van der Waals surface area contributed by atoms with Gasteiger partial charge < -0.3 is 14.8 Å². The zero-order valence-electron chi connectivity index (χ0n) is 19.5. The topological polar surface area (TPSA) is 60.5 Å². The van der Waals surface area contributed by atoms with E-state index in [2.05, 4.69) is 23.3 Å². The van der Waals surface area contributed by atoms with Crippen molar-refractivity contribution in [2.45, 2.75) is 59.7 Å². The Morgan fingerprint density at radius 2 is 1.75 bits per heavy atom. The molecule has 1 heterocycles.